The maximum atomic E-state index is 5.92. The quantitative estimate of drug-likeness (QED) is 0.937. The molecule has 5 heteroatoms. The third-order valence-corrected chi connectivity index (χ3v) is 5.11. The van der Waals surface area contributed by atoms with E-state index in [1.54, 1.807) is 11.3 Å². The summed E-state index contributed by atoms with van der Waals surface area (Å²) in [5, 5.41) is 1.89. The van der Waals surface area contributed by atoms with Gasteiger partial charge >= 0.3 is 0 Å². The SMILES string of the molecule is NCCC1CCN(c2ncc(-c3ccc(Cl)cc3)s2)C1. The van der Waals surface area contributed by atoms with E-state index >= 15 is 0 Å². The van der Waals surface area contributed by atoms with Crippen LogP contribution in [-0.4, -0.2) is 24.6 Å². The number of benzene rings is 1. The molecule has 2 aromatic rings. The zero-order valence-electron chi connectivity index (χ0n) is 11.3. The molecule has 2 N–H and O–H groups in total. The lowest BCUT2D eigenvalue weighted by atomic mass is 10.1. The number of nitrogens with two attached hydrogens (primary N) is 1. The number of hydrogen-bond donors (Lipinski definition) is 1. The molecule has 0 spiro atoms. The summed E-state index contributed by atoms with van der Waals surface area (Å²) in [6.07, 6.45) is 4.30. The molecule has 106 valence electrons. The lowest BCUT2D eigenvalue weighted by molar-refractivity contribution is 0.546. The highest BCUT2D eigenvalue weighted by Gasteiger charge is 2.24. The molecule has 1 aromatic heterocycles. The van der Waals surface area contributed by atoms with Crippen LogP contribution in [0.2, 0.25) is 5.02 Å². The molecule has 3 nitrogen and oxygen atoms in total. The first-order chi connectivity index (χ1) is 9.76. The van der Waals surface area contributed by atoms with Crippen LogP contribution in [0, 0.1) is 5.92 Å². The van der Waals surface area contributed by atoms with Crippen molar-refractivity contribution in [3.05, 3.63) is 35.5 Å². The van der Waals surface area contributed by atoms with Crippen LogP contribution in [0.1, 0.15) is 12.8 Å². The van der Waals surface area contributed by atoms with Crippen LogP contribution in [0.5, 0.6) is 0 Å². The number of anilines is 1. The average molecular weight is 308 g/mol. The van der Waals surface area contributed by atoms with Gasteiger partial charge in [-0.05, 0) is 43.0 Å². The molecule has 1 atom stereocenters. The number of aromatic nitrogens is 1. The topological polar surface area (TPSA) is 42.1 Å². The molecule has 2 heterocycles. The minimum atomic E-state index is 0.725. The van der Waals surface area contributed by atoms with E-state index in [2.05, 4.69) is 9.88 Å². The Labute approximate surface area is 128 Å². The van der Waals surface area contributed by atoms with Crippen molar-refractivity contribution >= 4 is 28.1 Å². The van der Waals surface area contributed by atoms with Crippen molar-refractivity contribution in [2.75, 3.05) is 24.5 Å². The Bertz CT molecular complexity index is 567. The molecule has 1 aliphatic rings. The number of nitrogens with zero attached hydrogens (tertiary/aromatic N) is 2. The normalized spacial score (nSPS) is 18.7. The van der Waals surface area contributed by atoms with Crippen LogP contribution in [0.3, 0.4) is 0 Å². The van der Waals surface area contributed by atoms with Gasteiger partial charge in [0, 0.05) is 24.3 Å². The molecular weight excluding hydrogens is 290 g/mol. The van der Waals surface area contributed by atoms with E-state index in [0.29, 0.717) is 0 Å². The van der Waals surface area contributed by atoms with Crippen molar-refractivity contribution in [2.45, 2.75) is 12.8 Å². The van der Waals surface area contributed by atoms with E-state index in [1.165, 1.54) is 16.9 Å². The molecule has 1 aromatic carbocycles. The second-order valence-corrected chi connectivity index (χ2v) is 6.64. The van der Waals surface area contributed by atoms with Gasteiger partial charge < -0.3 is 10.6 Å². The summed E-state index contributed by atoms with van der Waals surface area (Å²) in [4.78, 5) is 8.14. The highest BCUT2D eigenvalue weighted by Crippen LogP contribution is 2.34. The van der Waals surface area contributed by atoms with Gasteiger partial charge in [-0.15, -0.1) is 0 Å². The summed E-state index contributed by atoms with van der Waals surface area (Å²) < 4.78 is 0. The molecule has 0 radical (unpaired) electrons. The first-order valence-electron chi connectivity index (χ1n) is 6.93. The Balaban J connectivity index is 1.72. The molecular formula is C15H18ClN3S. The highest BCUT2D eigenvalue weighted by atomic mass is 35.5. The molecule has 20 heavy (non-hydrogen) atoms. The summed E-state index contributed by atoms with van der Waals surface area (Å²) >= 11 is 7.67. The maximum Gasteiger partial charge on any atom is 0.185 e. The Morgan fingerprint density at radius 1 is 1.35 bits per heavy atom. The Kier molecular flexibility index (Phi) is 4.24. The Hall–Kier alpha value is -1.10. The Morgan fingerprint density at radius 2 is 2.15 bits per heavy atom. The third kappa shape index (κ3) is 2.97. The van der Waals surface area contributed by atoms with Crippen molar-refractivity contribution in [2.24, 2.45) is 11.7 Å². The minimum absolute atomic E-state index is 0.725. The summed E-state index contributed by atoms with van der Waals surface area (Å²) in [5.74, 6) is 0.725. The standard InChI is InChI=1S/C15H18ClN3S/c16-13-3-1-12(2-4-13)14-9-18-15(20-14)19-8-6-11(10-19)5-7-17/h1-4,9,11H,5-8,10,17H2. The van der Waals surface area contributed by atoms with Crippen molar-refractivity contribution in [1.29, 1.82) is 0 Å². The van der Waals surface area contributed by atoms with Gasteiger partial charge in [0.25, 0.3) is 0 Å². The smallest absolute Gasteiger partial charge is 0.185 e. The van der Waals surface area contributed by atoms with Gasteiger partial charge in [0.15, 0.2) is 5.13 Å². The average Bonchev–Trinajstić information content (AvgIpc) is 3.08. The van der Waals surface area contributed by atoms with Crippen molar-refractivity contribution in [3.63, 3.8) is 0 Å². The molecule has 0 amide bonds. The molecule has 1 fully saturated rings. The molecule has 1 unspecified atom stereocenters. The minimum Gasteiger partial charge on any atom is -0.348 e. The van der Waals surface area contributed by atoms with E-state index in [4.69, 9.17) is 17.3 Å². The van der Waals surface area contributed by atoms with Gasteiger partial charge in [0.2, 0.25) is 0 Å². The third-order valence-electron chi connectivity index (χ3n) is 3.75. The van der Waals surface area contributed by atoms with Crippen LogP contribution < -0.4 is 10.6 Å². The summed E-state index contributed by atoms with van der Waals surface area (Å²) in [6.45, 7) is 2.97. The molecule has 0 saturated carbocycles. The molecule has 0 aliphatic carbocycles. The zero-order chi connectivity index (χ0) is 13.9. The fourth-order valence-electron chi connectivity index (χ4n) is 2.64. The highest BCUT2D eigenvalue weighted by molar-refractivity contribution is 7.18. The molecule has 0 bridgehead atoms. The van der Waals surface area contributed by atoms with E-state index in [-0.39, 0.29) is 0 Å². The van der Waals surface area contributed by atoms with Crippen molar-refractivity contribution < 1.29 is 0 Å². The largest absolute Gasteiger partial charge is 0.348 e. The van der Waals surface area contributed by atoms with E-state index < -0.39 is 0 Å². The Morgan fingerprint density at radius 3 is 2.90 bits per heavy atom. The van der Waals surface area contributed by atoms with E-state index in [0.717, 1.165) is 42.1 Å². The van der Waals surface area contributed by atoms with Crippen molar-refractivity contribution in [1.82, 2.24) is 4.98 Å². The second kappa shape index (κ2) is 6.12. The lowest BCUT2D eigenvalue weighted by Gasteiger charge is -2.14. The van der Waals surface area contributed by atoms with Gasteiger partial charge in [0.1, 0.15) is 0 Å². The van der Waals surface area contributed by atoms with Gasteiger partial charge in [-0.2, -0.15) is 0 Å². The van der Waals surface area contributed by atoms with E-state index in [1.807, 2.05) is 30.5 Å². The van der Waals surface area contributed by atoms with Gasteiger partial charge in [-0.3, -0.25) is 0 Å². The van der Waals surface area contributed by atoms with E-state index in [9.17, 15) is 0 Å². The lowest BCUT2D eigenvalue weighted by Crippen LogP contribution is -2.20. The van der Waals surface area contributed by atoms with Gasteiger partial charge in [-0.1, -0.05) is 35.1 Å². The fourth-order valence-corrected chi connectivity index (χ4v) is 3.72. The van der Waals surface area contributed by atoms with Crippen LogP contribution in [0.25, 0.3) is 10.4 Å². The molecule has 1 aliphatic heterocycles. The number of thiazole rings is 1. The number of halogens is 1. The summed E-state index contributed by atoms with van der Waals surface area (Å²) in [7, 11) is 0. The number of rotatable bonds is 4. The molecule has 3 rings (SSSR count). The first-order valence-corrected chi connectivity index (χ1v) is 8.12. The van der Waals surface area contributed by atoms with Crippen molar-refractivity contribution in [3.8, 4) is 10.4 Å². The predicted molar refractivity (Wildman–Crippen MR) is 86.6 cm³/mol. The second-order valence-electron chi connectivity index (χ2n) is 5.19. The summed E-state index contributed by atoms with van der Waals surface area (Å²) in [5.41, 5.74) is 6.82. The summed E-state index contributed by atoms with van der Waals surface area (Å²) in [6, 6.07) is 7.93. The monoisotopic (exact) mass is 307 g/mol. The fraction of sp³-hybridized carbons (Fsp3) is 0.400. The van der Waals surface area contributed by atoms with Crippen LogP contribution in [0.4, 0.5) is 5.13 Å². The number of hydrogen-bond acceptors (Lipinski definition) is 4. The van der Waals surface area contributed by atoms with Crippen LogP contribution in [0.15, 0.2) is 30.5 Å². The first kappa shape index (κ1) is 13.9. The molecule has 1 saturated heterocycles. The maximum absolute atomic E-state index is 5.92. The van der Waals surface area contributed by atoms with Gasteiger partial charge in [-0.25, -0.2) is 4.98 Å². The zero-order valence-corrected chi connectivity index (χ0v) is 12.8. The van der Waals surface area contributed by atoms with Crippen LogP contribution in [-0.2, 0) is 0 Å². The predicted octanol–water partition coefficient (Wildman–Crippen LogP) is 3.64. The van der Waals surface area contributed by atoms with Gasteiger partial charge in [0.05, 0.1) is 4.88 Å². The van der Waals surface area contributed by atoms with Crippen LogP contribution >= 0.6 is 22.9 Å².